The summed E-state index contributed by atoms with van der Waals surface area (Å²) in [5.41, 5.74) is 1.99. The van der Waals surface area contributed by atoms with E-state index in [9.17, 15) is 4.79 Å². The molecule has 0 bridgehead atoms. The molecule has 22 heavy (non-hydrogen) atoms. The van der Waals surface area contributed by atoms with E-state index in [0.717, 1.165) is 16.9 Å². The lowest BCUT2D eigenvalue weighted by atomic mass is 10.3. The van der Waals surface area contributed by atoms with E-state index in [0.29, 0.717) is 13.0 Å². The van der Waals surface area contributed by atoms with Crippen molar-refractivity contribution in [3.05, 3.63) is 42.7 Å². The molecule has 7 nitrogen and oxygen atoms in total. The number of benzene rings is 1. The SMILES string of the molecule is C[C@H](NC(=O)CCn1cncn1)c1nc2ccccc2n1C. The molecule has 0 spiro atoms. The summed E-state index contributed by atoms with van der Waals surface area (Å²) in [6.45, 7) is 2.45. The maximum atomic E-state index is 12.0. The van der Waals surface area contributed by atoms with Crippen LogP contribution >= 0.6 is 0 Å². The largest absolute Gasteiger partial charge is 0.346 e. The Morgan fingerprint density at radius 3 is 2.91 bits per heavy atom. The first-order chi connectivity index (χ1) is 10.6. The molecule has 2 heterocycles. The Hall–Kier alpha value is -2.70. The first-order valence-electron chi connectivity index (χ1n) is 7.18. The maximum absolute atomic E-state index is 12.0. The monoisotopic (exact) mass is 298 g/mol. The number of fused-ring (bicyclic) bond motifs is 1. The molecule has 7 heteroatoms. The van der Waals surface area contributed by atoms with E-state index >= 15 is 0 Å². The van der Waals surface area contributed by atoms with E-state index in [4.69, 9.17) is 0 Å². The second kappa shape index (κ2) is 5.97. The molecule has 0 saturated heterocycles. The molecule has 114 valence electrons. The van der Waals surface area contributed by atoms with Crippen LogP contribution in [0.25, 0.3) is 11.0 Å². The quantitative estimate of drug-likeness (QED) is 0.773. The van der Waals surface area contributed by atoms with Gasteiger partial charge in [0.2, 0.25) is 5.91 Å². The lowest BCUT2D eigenvalue weighted by Crippen LogP contribution is -2.29. The highest BCUT2D eigenvalue weighted by molar-refractivity contribution is 5.77. The molecule has 0 unspecified atom stereocenters. The maximum Gasteiger partial charge on any atom is 0.222 e. The van der Waals surface area contributed by atoms with Gasteiger partial charge in [-0.25, -0.2) is 9.97 Å². The molecular weight excluding hydrogens is 280 g/mol. The third kappa shape index (κ3) is 2.83. The number of para-hydroxylation sites is 2. The van der Waals surface area contributed by atoms with Gasteiger partial charge in [-0.05, 0) is 19.1 Å². The standard InChI is InChI=1S/C15H18N6O/c1-11(18-14(22)7-8-21-10-16-9-17-21)15-19-12-5-3-4-6-13(12)20(15)2/h3-6,9-11H,7-8H2,1-2H3,(H,18,22)/t11-/m0/s1. The van der Waals surface area contributed by atoms with Crippen molar-refractivity contribution in [2.75, 3.05) is 0 Å². The molecular formula is C15H18N6O. The highest BCUT2D eigenvalue weighted by Gasteiger charge is 2.16. The summed E-state index contributed by atoms with van der Waals surface area (Å²) in [6, 6.07) is 7.78. The fourth-order valence-electron chi connectivity index (χ4n) is 2.49. The molecule has 1 aromatic carbocycles. The lowest BCUT2D eigenvalue weighted by molar-refractivity contribution is -0.122. The van der Waals surface area contributed by atoms with E-state index in [1.807, 2.05) is 42.8 Å². The van der Waals surface area contributed by atoms with E-state index in [1.165, 1.54) is 6.33 Å². The predicted octanol–water partition coefficient (Wildman–Crippen LogP) is 1.43. The van der Waals surface area contributed by atoms with Crippen molar-refractivity contribution in [2.24, 2.45) is 7.05 Å². The molecule has 3 rings (SSSR count). The molecule has 0 aliphatic rings. The number of carbonyl (C=O) groups is 1. The molecule has 0 saturated carbocycles. The van der Waals surface area contributed by atoms with Gasteiger partial charge in [-0.2, -0.15) is 5.10 Å². The van der Waals surface area contributed by atoms with Crippen LogP contribution in [0.2, 0.25) is 0 Å². The van der Waals surface area contributed by atoms with Gasteiger partial charge in [0.05, 0.1) is 23.6 Å². The van der Waals surface area contributed by atoms with Crippen LogP contribution in [-0.4, -0.2) is 30.2 Å². The Kier molecular flexibility index (Phi) is 3.86. The summed E-state index contributed by atoms with van der Waals surface area (Å²) in [4.78, 5) is 20.5. The summed E-state index contributed by atoms with van der Waals surface area (Å²) in [7, 11) is 1.96. The zero-order chi connectivity index (χ0) is 15.5. The predicted molar refractivity (Wildman–Crippen MR) is 81.9 cm³/mol. The van der Waals surface area contributed by atoms with E-state index in [2.05, 4.69) is 20.4 Å². The van der Waals surface area contributed by atoms with Gasteiger partial charge in [-0.1, -0.05) is 12.1 Å². The van der Waals surface area contributed by atoms with Crippen molar-refractivity contribution in [3.63, 3.8) is 0 Å². The fraction of sp³-hybridized carbons (Fsp3) is 0.333. The van der Waals surface area contributed by atoms with Crippen LogP contribution < -0.4 is 5.32 Å². The van der Waals surface area contributed by atoms with E-state index < -0.39 is 0 Å². The summed E-state index contributed by atoms with van der Waals surface area (Å²) < 4.78 is 3.65. The van der Waals surface area contributed by atoms with Crippen LogP contribution in [0.3, 0.4) is 0 Å². The van der Waals surface area contributed by atoms with Crippen molar-refractivity contribution in [1.82, 2.24) is 29.6 Å². The minimum absolute atomic E-state index is 0.0324. The van der Waals surface area contributed by atoms with Crippen LogP contribution in [0.5, 0.6) is 0 Å². The van der Waals surface area contributed by atoms with Crippen molar-refractivity contribution in [2.45, 2.75) is 25.9 Å². The summed E-state index contributed by atoms with van der Waals surface area (Å²) in [5.74, 6) is 0.811. The molecule has 0 aliphatic heterocycles. The minimum atomic E-state index is -0.152. The van der Waals surface area contributed by atoms with Gasteiger partial charge in [0.1, 0.15) is 18.5 Å². The number of nitrogens with one attached hydrogen (secondary N) is 1. The smallest absolute Gasteiger partial charge is 0.222 e. The Bertz CT molecular complexity index is 777. The average Bonchev–Trinajstić information content (AvgIpc) is 3.14. The van der Waals surface area contributed by atoms with Gasteiger partial charge in [-0.15, -0.1) is 0 Å². The number of hydrogen-bond acceptors (Lipinski definition) is 4. The van der Waals surface area contributed by atoms with E-state index in [-0.39, 0.29) is 11.9 Å². The van der Waals surface area contributed by atoms with Crippen LogP contribution in [-0.2, 0) is 18.4 Å². The van der Waals surface area contributed by atoms with Gasteiger partial charge in [-0.3, -0.25) is 9.48 Å². The molecule has 1 N–H and O–H groups in total. The third-order valence-electron chi connectivity index (χ3n) is 3.62. The zero-order valence-electron chi connectivity index (χ0n) is 12.6. The number of rotatable bonds is 5. The Balaban J connectivity index is 1.66. The zero-order valence-corrected chi connectivity index (χ0v) is 12.6. The molecule has 1 atom stereocenters. The molecule has 3 aromatic rings. The summed E-state index contributed by atoms with van der Waals surface area (Å²) in [6.07, 6.45) is 3.42. The number of carbonyl (C=O) groups excluding carboxylic acids is 1. The van der Waals surface area contributed by atoms with E-state index in [1.54, 1.807) is 11.0 Å². The number of hydrogen-bond donors (Lipinski definition) is 1. The van der Waals surface area contributed by atoms with Crippen molar-refractivity contribution < 1.29 is 4.79 Å². The average molecular weight is 298 g/mol. The van der Waals surface area contributed by atoms with Crippen LogP contribution in [0, 0.1) is 0 Å². The number of imidazole rings is 1. The summed E-state index contributed by atoms with van der Waals surface area (Å²) in [5, 5.41) is 6.95. The molecule has 1 amide bonds. The molecule has 0 radical (unpaired) electrons. The fourth-order valence-corrected chi connectivity index (χ4v) is 2.49. The lowest BCUT2D eigenvalue weighted by Gasteiger charge is -2.14. The third-order valence-corrected chi connectivity index (χ3v) is 3.62. The van der Waals surface area contributed by atoms with Crippen molar-refractivity contribution in [3.8, 4) is 0 Å². The van der Waals surface area contributed by atoms with Gasteiger partial charge < -0.3 is 9.88 Å². The van der Waals surface area contributed by atoms with Crippen LogP contribution in [0.15, 0.2) is 36.9 Å². The summed E-state index contributed by atoms with van der Waals surface area (Å²) >= 11 is 0. The molecule has 0 fully saturated rings. The number of aryl methyl sites for hydroxylation is 2. The first kappa shape index (κ1) is 14.2. The Morgan fingerprint density at radius 1 is 1.36 bits per heavy atom. The van der Waals surface area contributed by atoms with Crippen molar-refractivity contribution >= 4 is 16.9 Å². The van der Waals surface area contributed by atoms with Crippen LogP contribution in [0.4, 0.5) is 0 Å². The Labute approximate surface area is 128 Å². The van der Waals surface area contributed by atoms with Crippen molar-refractivity contribution in [1.29, 1.82) is 0 Å². The second-order valence-electron chi connectivity index (χ2n) is 5.22. The number of nitrogens with zero attached hydrogens (tertiary/aromatic N) is 5. The first-order valence-corrected chi connectivity index (χ1v) is 7.18. The number of aromatic nitrogens is 5. The van der Waals surface area contributed by atoms with Gasteiger partial charge in [0.25, 0.3) is 0 Å². The second-order valence-corrected chi connectivity index (χ2v) is 5.22. The van der Waals surface area contributed by atoms with Gasteiger partial charge >= 0.3 is 0 Å². The highest BCUT2D eigenvalue weighted by Crippen LogP contribution is 2.19. The van der Waals surface area contributed by atoms with Gasteiger partial charge in [0, 0.05) is 13.5 Å². The normalized spacial score (nSPS) is 12.5. The number of amides is 1. The minimum Gasteiger partial charge on any atom is -0.346 e. The van der Waals surface area contributed by atoms with Gasteiger partial charge in [0.15, 0.2) is 0 Å². The molecule has 2 aromatic heterocycles. The van der Waals surface area contributed by atoms with Crippen LogP contribution in [0.1, 0.15) is 25.2 Å². The molecule has 0 aliphatic carbocycles. The topological polar surface area (TPSA) is 77.6 Å². The highest BCUT2D eigenvalue weighted by atomic mass is 16.1. The Morgan fingerprint density at radius 2 is 2.18 bits per heavy atom.